The highest BCUT2D eigenvalue weighted by Gasteiger charge is 2.45. The molecule has 3 aromatic rings. The van der Waals surface area contributed by atoms with Gasteiger partial charge in [-0.25, -0.2) is 18.3 Å². The van der Waals surface area contributed by atoms with Gasteiger partial charge in [-0.2, -0.15) is 28.4 Å². The number of rotatable bonds is 9. The Morgan fingerprint density at radius 3 is 2.60 bits per heavy atom. The van der Waals surface area contributed by atoms with Crippen molar-refractivity contribution in [2.75, 3.05) is 18.5 Å². The molecule has 2 N–H and O–H groups in total. The lowest BCUT2D eigenvalue weighted by Gasteiger charge is -2.33. The van der Waals surface area contributed by atoms with E-state index in [1.807, 2.05) is 18.9 Å². The summed E-state index contributed by atoms with van der Waals surface area (Å²) in [6, 6.07) is 1.02. The SMILES string of the molecule is CCn1nccc1C(=O)N[C@H](c1cn2nc(CC3C[C@@H](C(F)(F)F)CNC3=O)c(N(C)C3CC3)nc2n1)C1CCC(F)(F)CC1. The first-order valence-electron chi connectivity index (χ1n) is 15.4. The van der Waals surface area contributed by atoms with Crippen molar-refractivity contribution in [2.45, 2.75) is 89.0 Å². The molecule has 1 unspecified atom stereocenters. The first-order chi connectivity index (χ1) is 21.3. The van der Waals surface area contributed by atoms with E-state index in [0.717, 1.165) is 12.8 Å². The molecule has 2 saturated carbocycles. The van der Waals surface area contributed by atoms with Gasteiger partial charge in [0, 0.05) is 57.6 Å². The van der Waals surface area contributed by atoms with Crippen molar-refractivity contribution in [2.24, 2.45) is 17.8 Å². The van der Waals surface area contributed by atoms with Gasteiger partial charge >= 0.3 is 6.18 Å². The zero-order valence-electron chi connectivity index (χ0n) is 25.0. The maximum atomic E-state index is 14.1. The maximum absolute atomic E-state index is 14.1. The number of imidazole rings is 1. The second-order valence-corrected chi connectivity index (χ2v) is 12.4. The Morgan fingerprint density at radius 1 is 1.20 bits per heavy atom. The number of alkyl halides is 5. The van der Waals surface area contributed by atoms with Crippen molar-refractivity contribution in [3.05, 3.63) is 35.5 Å². The Morgan fingerprint density at radius 2 is 1.93 bits per heavy atom. The number of fused-ring (bicyclic) bond motifs is 1. The van der Waals surface area contributed by atoms with Crippen molar-refractivity contribution < 1.29 is 31.5 Å². The zero-order valence-corrected chi connectivity index (χ0v) is 25.0. The summed E-state index contributed by atoms with van der Waals surface area (Å²) in [7, 11) is 1.83. The van der Waals surface area contributed by atoms with E-state index in [0.29, 0.717) is 29.4 Å². The molecule has 3 atom stereocenters. The minimum Gasteiger partial charge on any atom is -0.355 e. The lowest BCUT2D eigenvalue weighted by Crippen LogP contribution is -2.47. The number of hydrogen-bond donors (Lipinski definition) is 2. The molecular weight excluding hydrogens is 601 g/mol. The van der Waals surface area contributed by atoms with Crippen LogP contribution in [0, 0.1) is 17.8 Å². The number of nitrogens with zero attached hydrogens (tertiary/aromatic N) is 7. The summed E-state index contributed by atoms with van der Waals surface area (Å²) in [5.74, 6) is -6.00. The predicted molar refractivity (Wildman–Crippen MR) is 152 cm³/mol. The van der Waals surface area contributed by atoms with Crippen LogP contribution in [0.5, 0.6) is 0 Å². The van der Waals surface area contributed by atoms with Crippen LogP contribution < -0.4 is 15.5 Å². The van der Waals surface area contributed by atoms with Crippen molar-refractivity contribution in [1.82, 2.24) is 40.0 Å². The van der Waals surface area contributed by atoms with Crippen LogP contribution in [0.3, 0.4) is 0 Å². The Kier molecular flexibility index (Phi) is 8.18. The molecule has 3 aliphatic rings. The van der Waals surface area contributed by atoms with E-state index in [2.05, 4.69) is 20.7 Å². The lowest BCUT2D eigenvalue weighted by atomic mass is 9.81. The number of anilines is 1. The summed E-state index contributed by atoms with van der Waals surface area (Å²) in [5, 5.41) is 14.2. The van der Waals surface area contributed by atoms with E-state index in [1.54, 1.807) is 12.3 Å². The summed E-state index contributed by atoms with van der Waals surface area (Å²) < 4.78 is 71.7. The third-order valence-electron chi connectivity index (χ3n) is 9.26. The Labute approximate surface area is 255 Å². The van der Waals surface area contributed by atoms with Crippen LogP contribution in [0.1, 0.15) is 79.8 Å². The fourth-order valence-electron chi connectivity index (χ4n) is 6.44. The number of carbonyl (C=O) groups excluding carboxylic acids is 2. The smallest absolute Gasteiger partial charge is 0.355 e. The minimum absolute atomic E-state index is 0.0554. The number of aryl methyl sites for hydroxylation is 1. The standard InChI is InChI=1S/C29H36F5N9O2/c1-3-42-22(8-11-36-42)26(45)38-23(16-6-9-28(30,31)10-7-16)21-15-43-27(37-21)39-24(41(2)19-4-5-19)20(40-43)13-17-12-18(29(32,33)34)14-35-25(17)44/h8,11,15-19,23H,3-7,9-10,12-14H2,1-2H3,(H,35,44)(H,38,45)/t17?,18-,23+/m1/s1. The third kappa shape index (κ3) is 6.59. The predicted octanol–water partition coefficient (Wildman–Crippen LogP) is 4.09. The van der Waals surface area contributed by atoms with E-state index in [4.69, 9.17) is 10.1 Å². The molecule has 45 heavy (non-hydrogen) atoms. The monoisotopic (exact) mass is 637 g/mol. The Balaban J connectivity index is 1.35. The molecule has 1 saturated heterocycles. The number of carbonyl (C=O) groups is 2. The Bertz CT molecular complexity index is 1560. The number of nitrogens with one attached hydrogen (secondary N) is 2. The van der Waals surface area contributed by atoms with Crippen LogP contribution in [-0.2, 0) is 17.8 Å². The second-order valence-electron chi connectivity index (χ2n) is 12.4. The van der Waals surface area contributed by atoms with E-state index in [9.17, 15) is 31.5 Å². The van der Waals surface area contributed by atoms with Crippen molar-refractivity contribution in [1.29, 1.82) is 0 Å². The van der Waals surface area contributed by atoms with Crippen molar-refractivity contribution >= 4 is 23.4 Å². The molecule has 1 aliphatic heterocycles. The van der Waals surface area contributed by atoms with Crippen LogP contribution >= 0.6 is 0 Å². The second kappa shape index (κ2) is 11.8. The van der Waals surface area contributed by atoms with E-state index in [-0.39, 0.29) is 56.3 Å². The van der Waals surface area contributed by atoms with E-state index < -0.39 is 48.3 Å². The number of aromatic nitrogens is 6. The molecule has 3 aromatic heterocycles. The van der Waals surface area contributed by atoms with Gasteiger partial charge in [0.1, 0.15) is 11.4 Å². The molecule has 4 heterocycles. The molecule has 3 fully saturated rings. The first-order valence-corrected chi connectivity index (χ1v) is 15.4. The lowest BCUT2D eigenvalue weighted by molar-refractivity contribution is -0.183. The molecule has 6 rings (SSSR count). The minimum atomic E-state index is -4.44. The topological polar surface area (TPSA) is 122 Å². The molecule has 11 nitrogen and oxygen atoms in total. The molecule has 0 aromatic carbocycles. The summed E-state index contributed by atoms with van der Waals surface area (Å²) in [6.45, 7) is 1.85. The molecule has 2 aliphatic carbocycles. The van der Waals surface area contributed by atoms with Gasteiger partial charge in [0.2, 0.25) is 11.8 Å². The third-order valence-corrected chi connectivity index (χ3v) is 9.26. The van der Waals surface area contributed by atoms with Gasteiger partial charge in [0.15, 0.2) is 5.82 Å². The average Bonchev–Trinajstić information content (AvgIpc) is 3.58. The molecule has 16 heteroatoms. The molecule has 244 valence electrons. The van der Waals surface area contributed by atoms with Crippen LogP contribution in [0.2, 0.25) is 0 Å². The van der Waals surface area contributed by atoms with Crippen LogP contribution in [0.15, 0.2) is 18.5 Å². The van der Waals surface area contributed by atoms with Gasteiger partial charge in [-0.3, -0.25) is 14.3 Å². The Hall–Kier alpha value is -3.85. The molecule has 2 amide bonds. The number of hydrogen-bond acceptors (Lipinski definition) is 7. The van der Waals surface area contributed by atoms with Gasteiger partial charge in [-0.15, -0.1) is 0 Å². The summed E-state index contributed by atoms with van der Waals surface area (Å²) in [4.78, 5) is 37.4. The highest BCUT2D eigenvalue weighted by atomic mass is 19.4. The highest BCUT2D eigenvalue weighted by molar-refractivity contribution is 5.92. The number of amides is 2. The largest absolute Gasteiger partial charge is 0.393 e. The van der Waals surface area contributed by atoms with E-state index in [1.165, 1.54) is 15.4 Å². The fraction of sp³-hybridized carbons (Fsp3) is 0.655. The summed E-state index contributed by atoms with van der Waals surface area (Å²) in [6.07, 6.45) is -0.244. The first kappa shape index (κ1) is 31.1. The highest BCUT2D eigenvalue weighted by Crippen LogP contribution is 2.42. The van der Waals surface area contributed by atoms with E-state index >= 15 is 0 Å². The maximum Gasteiger partial charge on any atom is 0.393 e. The average molecular weight is 638 g/mol. The molecule has 0 spiro atoms. The van der Waals surface area contributed by atoms with Crippen molar-refractivity contribution in [3.63, 3.8) is 0 Å². The number of piperidine rings is 1. The van der Waals surface area contributed by atoms with Crippen LogP contribution in [-0.4, -0.2) is 72.9 Å². The van der Waals surface area contributed by atoms with Crippen molar-refractivity contribution in [3.8, 4) is 0 Å². The van der Waals surface area contributed by atoms with Gasteiger partial charge < -0.3 is 15.5 Å². The molecule has 0 radical (unpaired) electrons. The van der Waals surface area contributed by atoms with Gasteiger partial charge in [0.25, 0.3) is 11.7 Å². The van der Waals surface area contributed by atoms with Crippen LogP contribution in [0.25, 0.3) is 5.78 Å². The number of halogens is 5. The molecule has 0 bridgehead atoms. The normalized spacial score (nSPS) is 23.1. The fourth-order valence-corrected chi connectivity index (χ4v) is 6.44. The van der Waals surface area contributed by atoms with Gasteiger partial charge in [-0.1, -0.05) is 0 Å². The zero-order chi connectivity index (χ0) is 32.1. The van der Waals surface area contributed by atoms with Gasteiger partial charge in [0.05, 0.1) is 23.9 Å². The summed E-state index contributed by atoms with van der Waals surface area (Å²) >= 11 is 0. The van der Waals surface area contributed by atoms with Crippen LogP contribution in [0.4, 0.5) is 27.8 Å². The quantitative estimate of drug-likeness (QED) is 0.339. The van der Waals surface area contributed by atoms with Gasteiger partial charge in [-0.05, 0) is 51.0 Å². The molecular formula is C29H36F5N9O2. The summed E-state index contributed by atoms with van der Waals surface area (Å²) in [5.41, 5.74) is 1.06.